The number of hydrogen-bond acceptors (Lipinski definition) is 6. The molecule has 1 saturated heterocycles. The number of fused-ring (bicyclic) bond motifs is 1. The molecule has 3 heterocycles. The normalized spacial score (nSPS) is 16.2. The van der Waals surface area contributed by atoms with E-state index in [-0.39, 0.29) is 5.91 Å². The summed E-state index contributed by atoms with van der Waals surface area (Å²) in [5.74, 6) is 0.932. The Morgan fingerprint density at radius 1 is 1.39 bits per heavy atom. The zero-order chi connectivity index (χ0) is 16.4. The molecule has 0 saturated carbocycles. The highest BCUT2D eigenvalue weighted by Gasteiger charge is 2.25. The lowest BCUT2D eigenvalue weighted by Gasteiger charge is -2.31. The minimum absolute atomic E-state index is 0.179. The van der Waals surface area contributed by atoms with Crippen molar-refractivity contribution in [2.24, 2.45) is 5.92 Å². The summed E-state index contributed by atoms with van der Waals surface area (Å²) >= 11 is 3.17. The number of nitrogens with zero attached hydrogens (tertiary/aromatic N) is 3. The summed E-state index contributed by atoms with van der Waals surface area (Å²) in [5.41, 5.74) is 0. The lowest BCUT2D eigenvalue weighted by molar-refractivity contribution is 0.0692. The Labute approximate surface area is 145 Å². The molecule has 0 radical (unpaired) electrons. The molecule has 1 amide bonds. The van der Waals surface area contributed by atoms with Crippen LogP contribution >= 0.6 is 22.7 Å². The van der Waals surface area contributed by atoms with Crippen LogP contribution in [0.3, 0.4) is 0 Å². The van der Waals surface area contributed by atoms with E-state index in [0.717, 1.165) is 57.9 Å². The van der Waals surface area contributed by atoms with Crippen molar-refractivity contribution in [1.82, 2.24) is 15.2 Å². The lowest BCUT2D eigenvalue weighted by atomic mass is 9.93. The van der Waals surface area contributed by atoms with Gasteiger partial charge in [-0.15, -0.1) is 11.3 Å². The van der Waals surface area contributed by atoms with Gasteiger partial charge in [0.1, 0.15) is 4.83 Å². The van der Waals surface area contributed by atoms with Gasteiger partial charge < -0.3 is 15.1 Å². The van der Waals surface area contributed by atoms with E-state index in [2.05, 4.69) is 10.3 Å². The summed E-state index contributed by atoms with van der Waals surface area (Å²) in [6, 6.07) is 2.01. The van der Waals surface area contributed by atoms with E-state index < -0.39 is 0 Å². The number of anilines is 1. The van der Waals surface area contributed by atoms with Gasteiger partial charge in [0.25, 0.3) is 5.91 Å². The van der Waals surface area contributed by atoms with Gasteiger partial charge in [-0.3, -0.25) is 4.79 Å². The first kappa shape index (κ1) is 16.7. The smallest absolute Gasteiger partial charge is 0.264 e. The fourth-order valence-electron chi connectivity index (χ4n) is 2.95. The fourth-order valence-corrected chi connectivity index (χ4v) is 5.05. The number of amides is 1. The second kappa shape index (κ2) is 7.15. The monoisotopic (exact) mass is 352 g/mol. The van der Waals surface area contributed by atoms with Crippen molar-refractivity contribution in [1.29, 1.82) is 0 Å². The lowest BCUT2D eigenvalue weighted by Crippen LogP contribution is -2.38. The average molecular weight is 353 g/mol. The van der Waals surface area contributed by atoms with E-state index in [1.54, 1.807) is 11.3 Å². The molecule has 0 atom stereocenters. The van der Waals surface area contributed by atoms with Crippen LogP contribution in [0, 0.1) is 5.92 Å². The van der Waals surface area contributed by atoms with Crippen LogP contribution in [0.5, 0.6) is 0 Å². The summed E-state index contributed by atoms with van der Waals surface area (Å²) in [6.45, 7) is 2.84. The quantitative estimate of drug-likeness (QED) is 0.899. The predicted molar refractivity (Wildman–Crippen MR) is 99.0 cm³/mol. The van der Waals surface area contributed by atoms with Gasteiger partial charge in [-0.1, -0.05) is 11.3 Å². The van der Waals surface area contributed by atoms with Crippen LogP contribution in [0.1, 0.15) is 28.9 Å². The van der Waals surface area contributed by atoms with Crippen LogP contribution in [0.2, 0.25) is 0 Å². The van der Waals surface area contributed by atoms with Crippen LogP contribution in [-0.2, 0) is 0 Å². The number of likely N-dealkylation sites (tertiary alicyclic amines) is 1. The first-order valence-corrected chi connectivity index (χ1v) is 9.73. The molecule has 0 aromatic carbocycles. The van der Waals surface area contributed by atoms with E-state index in [1.807, 2.05) is 37.0 Å². The van der Waals surface area contributed by atoms with E-state index in [1.165, 1.54) is 17.8 Å². The largest absolute Gasteiger partial charge is 0.354 e. The van der Waals surface area contributed by atoms with Gasteiger partial charge in [-0.2, -0.15) is 0 Å². The second-order valence-corrected chi connectivity index (χ2v) is 8.34. The Morgan fingerprint density at radius 2 is 2.13 bits per heavy atom. The summed E-state index contributed by atoms with van der Waals surface area (Å²) in [7, 11) is 5.98. The first-order valence-electron chi connectivity index (χ1n) is 8.10. The molecule has 1 aliphatic rings. The van der Waals surface area contributed by atoms with E-state index >= 15 is 0 Å². The van der Waals surface area contributed by atoms with Crippen LogP contribution in [0.4, 0.5) is 5.13 Å². The van der Waals surface area contributed by atoms with Crippen molar-refractivity contribution in [3.8, 4) is 0 Å². The molecular formula is C16H24N4OS2. The minimum Gasteiger partial charge on any atom is -0.354 e. The minimum atomic E-state index is 0.179. The molecule has 23 heavy (non-hydrogen) atoms. The van der Waals surface area contributed by atoms with E-state index in [4.69, 9.17) is 0 Å². The Morgan fingerprint density at radius 3 is 2.74 bits per heavy atom. The number of carbonyl (C=O) groups is 1. The predicted octanol–water partition coefficient (Wildman–Crippen LogP) is 2.89. The number of carbonyl (C=O) groups excluding carboxylic acids is 1. The third-order valence-corrected chi connectivity index (χ3v) is 6.69. The van der Waals surface area contributed by atoms with Crippen molar-refractivity contribution in [3.05, 3.63) is 10.9 Å². The molecule has 1 fully saturated rings. The standard InChI is InChI=1S/C16H24N4OS2/c1-17-7-4-11-5-8-20(9-6-11)15(21)13-10-12-14(22-13)18-16(23-12)19(2)3/h10-11,17H,4-9H2,1-3H3. The first-order chi connectivity index (χ1) is 11.1. The average Bonchev–Trinajstić information content (AvgIpc) is 3.11. The zero-order valence-corrected chi connectivity index (χ0v) is 15.6. The Balaban J connectivity index is 1.63. The van der Waals surface area contributed by atoms with Gasteiger partial charge >= 0.3 is 0 Å². The molecule has 3 rings (SSSR count). The van der Waals surface area contributed by atoms with Crippen molar-refractivity contribution >= 4 is 43.2 Å². The number of piperidine rings is 1. The van der Waals surface area contributed by atoms with Crippen molar-refractivity contribution in [3.63, 3.8) is 0 Å². The zero-order valence-electron chi connectivity index (χ0n) is 14.0. The molecule has 0 aliphatic carbocycles. The number of rotatable bonds is 5. The molecule has 0 spiro atoms. The van der Waals surface area contributed by atoms with Gasteiger partial charge in [0.15, 0.2) is 5.13 Å². The number of thiazole rings is 1. The molecule has 2 aromatic heterocycles. The summed E-state index contributed by atoms with van der Waals surface area (Å²) in [4.78, 5) is 23.1. The van der Waals surface area contributed by atoms with Gasteiger partial charge in [0.2, 0.25) is 0 Å². The van der Waals surface area contributed by atoms with Crippen LogP contribution < -0.4 is 10.2 Å². The third kappa shape index (κ3) is 3.67. The maximum absolute atomic E-state index is 12.7. The summed E-state index contributed by atoms with van der Waals surface area (Å²) in [6.07, 6.45) is 3.46. The SMILES string of the molecule is CNCCC1CCN(C(=O)c2cc3sc(N(C)C)nc3s2)CC1. The van der Waals surface area contributed by atoms with Crippen molar-refractivity contribution in [2.45, 2.75) is 19.3 Å². The highest BCUT2D eigenvalue weighted by molar-refractivity contribution is 7.29. The van der Waals surface area contributed by atoms with Gasteiger partial charge in [0, 0.05) is 27.2 Å². The summed E-state index contributed by atoms with van der Waals surface area (Å²) < 4.78 is 1.12. The highest BCUT2D eigenvalue weighted by Crippen LogP contribution is 2.34. The molecule has 126 valence electrons. The Hall–Kier alpha value is -1.18. The van der Waals surface area contributed by atoms with Crippen LogP contribution in [0.15, 0.2) is 6.07 Å². The van der Waals surface area contributed by atoms with Crippen LogP contribution in [-0.4, -0.2) is 56.6 Å². The number of aromatic nitrogens is 1. The highest BCUT2D eigenvalue weighted by atomic mass is 32.1. The molecule has 0 bridgehead atoms. The number of nitrogens with one attached hydrogen (secondary N) is 1. The van der Waals surface area contributed by atoms with Gasteiger partial charge in [-0.25, -0.2) is 4.98 Å². The van der Waals surface area contributed by atoms with Crippen molar-refractivity contribution < 1.29 is 4.79 Å². The summed E-state index contributed by atoms with van der Waals surface area (Å²) in [5, 5.41) is 4.21. The van der Waals surface area contributed by atoms with E-state index in [9.17, 15) is 4.79 Å². The maximum atomic E-state index is 12.7. The second-order valence-electron chi connectivity index (χ2n) is 6.30. The van der Waals surface area contributed by atoms with Crippen LogP contribution in [0.25, 0.3) is 9.53 Å². The molecule has 1 aliphatic heterocycles. The molecule has 5 nitrogen and oxygen atoms in total. The van der Waals surface area contributed by atoms with Gasteiger partial charge in [0.05, 0.1) is 9.58 Å². The van der Waals surface area contributed by atoms with E-state index in [0.29, 0.717) is 0 Å². The van der Waals surface area contributed by atoms with Crippen molar-refractivity contribution in [2.75, 3.05) is 45.7 Å². The fraction of sp³-hybridized carbons (Fsp3) is 0.625. The number of thiophene rings is 1. The molecule has 2 aromatic rings. The maximum Gasteiger partial charge on any atom is 0.264 e. The number of hydrogen-bond donors (Lipinski definition) is 1. The topological polar surface area (TPSA) is 48.5 Å². The molecule has 1 N–H and O–H groups in total. The third-order valence-electron chi connectivity index (χ3n) is 4.38. The Bertz CT molecular complexity index is 639. The van der Waals surface area contributed by atoms with Gasteiger partial charge in [-0.05, 0) is 44.8 Å². The molecule has 7 heteroatoms. The molecular weight excluding hydrogens is 328 g/mol. The Kier molecular flexibility index (Phi) is 5.18. The molecule has 0 unspecified atom stereocenters.